The molecule has 142 valence electrons. The molecule has 1 atom stereocenters. The van der Waals surface area contributed by atoms with Gasteiger partial charge in [0.2, 0.25) is 5.91 Å². The van der Waals surface area contributed by atoms with Gasteiger partial charge in [-0.25, -0.2) is 4.79 Å². The van der Waals surface area contributed by atoms with E-state index in [1.165, 1.54) is 0 Å². The quantitative estimate of drug-likeness (QED) is 0.785. The molecule has 6 nitrogen and oxygen atoms in total. The lowest BCUT2D eigenvalue weighted by Crippen LogP contribution is -2.18. The predicted octanol–water partition coefficient (Wildman–Crippen LogP) is 3.77. The molecule has 0 radical (unpaired) electrons. The molecule has 1 aliphatic heterocycles. The van der Waals surface area contributed by atoms with Crippen molar-refractivity contribution in [1.82, 2.24) is 0 Å². The number of hydrogen-bond donors (Lipinski definition) is 1. The zero-order chi connectivity index (χ0) is 19.2. The van der Waals surface area contributed by atoms with E-state index >= 15 is 0 Å². The van der Waals surface area contributed by atoms with Gasteiger partial charge in [-0.1, -0.05) is 25.1 Å². The summed E-state index contributed by atoms with van der Waals surface area (Å²) in [5.74, 6) is 0.793. The molecule has 1 unspecified atom stereocenters. The van der Waals surface area contributed by atoms with Crippen LogP contribution >= 0.6 is 0 Å². The maximum absolute atomic E-state index is 12.5. The van der Waals surface area contributed by atoms with Gasteiger partial charge in [0, 0.05) is 6.42 Å². The van der Waals surface area contributed by atoms with E-state index in [1.54, 1.807) is 31.2 Å². The van der Waals surface area contributed by atoms with Gasteiger partial charge in [-0.15, -0.1) is 0 Å². The number of fused-ring (bicyclic) bond motifs is 1. The van der Waals surface area contributed by atoms with Crippen molar-refractivity contribution in [2.75, 3.05) is 25.1 Å². The van der Waals surface area contributed by atoms with E-state index in [1.807, 2.05) is 25.1 Å². The third kappa shape index (κ3) is 4.58. The lowest BCUT2D eigenvalue weighted by Gasteiger charge is -2.20. The summed E-state index contributed by atoms with van der Waals surface area (Å²) in [6, 6.07) is 12.6. The molecule has 1 amide bonds. The standard InChI is InChI=1S/C21H23NO5/c1-3-25-21(24)16-6-4-5-7-17(16)22-20(23)12-14(2)15-8-9-18-19(13-15)27-11-10-26-18/h4-9,13-14H,3,10-12H2,1-2H3,(H,22,23). The topological polar surface area (TPSA) is 73.9 Å². The van der Waals surface area contributed by atoms with Gasteiger partial charge >= 0.3 is 5.97 Å². The van der Waals surface area contributed by atoms with Crippen LogP contribution < -0.4 is 14.8 Å². The van der Waals surface area contributed by atoms with Crippen LogP contribution in [0.2, 0.25) is 0 Å². The van der Waals surface area contributed by atoms with Crippen molar-refractivity contribution in [3.05, 3.63) is 53.6 Å². The van der Waals surface area contributed by atoms with Crippen molar-refractivity contribution in [3.63, 3.8) is 0 Å². The van der Waals surface area contributed by atoms with E-state index in [-0.39, 0.29) is 24.9 Å². The number of carbonyl (C=O) groups is 2. The Balaban J connectivity index is 1.67. The van der Waals surface area contributed by atoms with Crippen LogP contribution in [-0.4, -0.2) is 31.7 Å². The number of carbonyl (C=O) groups excluding carboxylic acids is 2. The highest BCUT2D eigenvalue weighted by Crippen LogP contribution is 2.34. The molecular formula is C21H23NO5. The molecule has 2 aromatic rings. The predicted molar refractivity (Wildman–Crippen MR) is 101 cm³/mol. The molecular weight excluding hydrogens is 346 g/mol. The molecule has 27 heavy (non-hydrogen) atoms. The number of esters is 1. The molecule has 2 aromatic carbocycles. The molecule has 0 aromatic heterocycles. The number of anilines is 1. The Kier molecular flexibility index (Phi) is 5.96. The van der Waals surface area contributed by atoms with Gasteiger partial charge in [-0.05, 0) is 42.7 Å². The summed E-state index contributed by atoms with van der Waals surface area (Å²) in [5, 5.41) is 2.82. The Morgan fingerprint density at radius 2 is 1.85 bits per heavy atom. The highest BCUT2D eigenvalue weighted by Gasteiger charge is 2.18. The van der Waals surface area contributed by atoms with E-state index < -0.39 is 5.97 Å². The van der Waals surface area contributed by atoms with Gasteiger partial charge in [-0.3, -0.25) is 4.79 Å². The second kappa shape index (κ2) is 8.58. The Labute approximate surface area is 158 Å². The van der Waals surface area contributed by atoms with Gasteiger partial charge in [0.05, 0.1) is 17.9 Å². The first-order valence-corrected chi connectivity index (χ1v) is 9.04. The van der Waals surface area contributed by atoms with E-state index in [2.05, 4.69) is 5.32 Å². The molecule has 3 rings (SSSR count). The summed E-state index contributed by atoms with van der Waals surface area (Å²) in [4.78, 5) is 24.5. The molecule has 0 saturated heterocycles. The van der Waals surface area contributed by atoms with E-state index in [4.69, 9.17) is 14.2 Å². The Morgan fingerprint density at radius 3 is 2.63 bits per heavy atom. The third-order valence-corrected chi connectivity index (χ3v) is 4.32. The van der Waals surface area contributed by atoms with Crippen LogP contribution in [0.5, 0.6) is 11.5 Å². The van der Waals surface area contributed by atoms with Gasteiger partial charge < -0.3 is 19.5 Å². The van der Waals surface area contributed by atoms with E-state index in [9.17, 15) is 9.59 Å². The van der Waals surface area contributed by atoms with Crippen LogP contribution in [0.3, 0.4) is 0 Å². The van der Waals surface area contributed by atoms with E-state index in [0.717, 1.165) is 11.3 Å². The van der Waals surface area contributed by atoms with Crippen LogP contribution in [0.4, 0.5) is 5.69 Å². The fourth-order valence-corrected chi connectivity index (χ4v) is 2.94. The monoisotopic (exact) mass is 369 g/mol. The second-order valence-corrected chi connectivity index (χ2v) is 6.32. The largest absolute Gasteiger partial charge is 0.486 e. The molecule has 0 aliphatic carbocycles. The summed E-state index contributed by atoms with van der Waals surface area (Å²) in [6.07, 6.45) is 0.275. The summed E-state index contributed by atoms with van der Waals surface area (Å²) in [6.45, 7) is 5.07. The molecule has 6 heteroatoms. The fraction of sp³-hybridized carbons (Fsp3) is 0.333. The van der Waals surface area contributed by atoms with Gasteiger partial charge in [0.1, 0.15) is 13.2 Å². The zero-order valence-electron chi connectivity index (χ0n) is 15.5. The zero-order valence-corrected chi connectivity index (χ0v) is 15.5. The van der Waals surface area contributed by atoms with Crippen molar-refractivity contribution in [2.45, 2.75) is 26.2 Å². The number of para-hydroxylation sites is 1. The summed E-state index contributed by atoms with van der Waals surface area (Å²) in [5.41, 5.74) is 1.79. The Hall–Kier alpha value is -3.02. The number of benzene rings is 2. The molecule has 1 heterocycles. The average Bonchev–Trinajstić information content (AvgIpc) is 2.68. The second-order valence-electron chi connectivity index (χ2n) is 6.32. The molecule has 0 bridgehead atoms. The third-order valence-electron chi connectivity index (χ3n) is 4.32. The smallest absolute Gasteiger partial charge is 0.340 e. The first-order valence-electron chi connectivity index (χ1n) is 9.04. The first kappa shape index (κ1) is 18.8. The van der Waals surface area contributed by atoms with E-state index in [0.29, 0.717) is 30.2 Å². The SMILES string of the molecule is CCOC(=O)c1ccccc1NC(=O)CC(C)c1ccc2c(c1)OCCO2. The van der Waals surface area contributed by atoms with Gasteiger partial charge in [-0.2, -0.15) is 0 Å². The average molecular weight is 369 g/mol. The van der Waals surface area contributed by atoms with Crippen LogP contribution in [0.25, 0.3) is 0 Å². The summed E-state index contributed by atoms with van der Waals surface area (Å²) >= 11 is 0. The number of amides is 1. The van der Waals surface area contributed by atoms with Crippen LogP contribution in [0.15, 0.2) is 42.5 Å². The number of ether oxygens (including phenoxy) is 3. The van der Waals surface area contributed by atoms with Crippen LogP contribution in [0.1, 0.15) is 42.1 Å². The molecule has 0 saturated carbocycles. The summed E-state index contributed by atoms with van der Waals surface area (Å²) in [7, 11) is 0. The van der Waals surface area contributed by atoms with Crippen molar-refractivity contribution >= 4 is 17.6 Å². The number of nitrogens with one attached hydrogen (secondary N) is 1. The van der Waals surface area contributed by atoms with Crippen molar-refractivity contribution in [3.8, 4) is 11.5 Å². The maximum Gasteiger partial charge on any atom is 0.340 e. The first-order chi connectivity index (χ1) is 13.1. The minimum absolute atomic E-state index is 0.0180. The molecule has 1 aliphatic rings. The van der Waals surface area contributed by atoms with Crippen LogP contribution in [-0.2, 0) is 9.53 Å². The van der Waals surface area contributed by atoms with Gasteiger partial charge in [0.25, 0.3) is 0 Å². The molecule has 0 spiro atoms. The van der Waals surface area contributed by atoms with Crippen molar-refractivity contribution < 1.29 is 23.8 Å². The molecule has 0 fully saturated rings. The minimum Gasteiger partial charge on any atom is -0.486 e. The normalized spacial score (nSPS) is 13.6. The lowest BCUT2D eigenvalue weighted by atomic mass is 9.96. The van der Waals surface area contributed by atoms with Crippen molar-refractivity contribution in [1.29, 1.82) is 0 Å². The van der Waals surface area contributed by atoms with Crippen LogP contribution in [0, 0.1) is 0 Å². The molecule has 1 N–H and O–H groups in total. The Morgan fingerprint density at radius 1 is 1.11 bits per heavy atom. The number of hydrogen-bond acceptors (Lipinski definition) is 5. The fourth-order valence-electron chi connectivity index (χ4n) is 2.94. The van der Waals surface area contributed by atoms with Crippen molar-refractivity contribution in [2.24, 2.45) is 0 Å². The lowest BCUT2D eigenvalue weighted by molar-refractivity contribution is -0.116. The number of rotatable bonds is 6. The maximum atomic E-state index is 12.5. The van der Waals surface area contributed by atoms with Gasteiger partial charge in [0.15, 0.2) is 11.5 Å². The summed E-state index contributed by atoms with van der Waals surface area (Å²) < 4.78 is 16.2. The minimum atomic E-state index is -0.451. The Bertz CT molecular complexity index is 833. The highest BCUT2D eigenvalue weighted by atomic mass is 16.6. The highest BCUT2D eigenvalue weighted by molar-refractivity contribution is 6.01.